The molecular formula is C13H20N2O3. The van der Waals surface area contributed by atoms with E-state index >= 15 is 0 Å². The van der Waals surface area contributed by atoms with Gasteiger partial charge in [-0.2, -0.15) is 4.98 Å². The molecule has 0 spiro atoms. The van der Waals surface area contributed by atoms with Crippen molar-refractivity contribution >= 4 is 0 Å². The fraction of sp³-hybridized carbons (Fsp3) is 0.846. The van der Waals surface area contributed by atoms with Gasteiger partial charge >= 0.3 is 0 Å². The fourth-order valence-electron chi connectivity index (χ4n) is 2.29. The lowest BCUT2D eigenvalue weighted by atomic mass is 10.1. The quantitative estimate of drug-likeness (QED) is 0.802. The lowest BCUT2D eigenvalue weighted by molar-refractivity contribution is 0.0384. The van der Waals surface area contributed by atoms with Crippen molar-refractivity contribution in [2.24, 2.45) is 11.8 Å². The third-order valence-electron chi connectivity index (χ3n) is 3.68. The van der Waals surface area contributed by atoms with Gasteiger partial charge in [-0.05, 0) is 44.4 Å². The molecule has 0 bridgehead atoms. The van der Waals surface area contributed by atoms with Gasteiger partial charge in [0.25, 0.3) is 0 Å². The number of aliphatic hydroxyl groups is 1. The first kappa shape index (κ1) is 12.1. The number of rotatable bonds is 7. The number of hydrogen-bond donors (Lipinski definition) is 1. The zero-order chi connectivity index (χ0) is 12.5. The molecule has 0 aliphatic heterocycles. The van der Waals surface area contributed by atoms with E-state index in [9.17, 15) is 5.11 Å². The summed E-state index contributed by atoms with van der Waals surface area (Å²) < 4.78 is 10.9. The molecule has 5 heteroatoms. The van der Waals surface area contributed by atoms with E-state index in [-0.39, 0.29) is 12.2 Å². The van der Waals surface area contributed by atoms with Gasteiger partial charge in [-0.1, -0.05) is 5.16 Å². The minimum Gasteiger partial charge on any atom is -0.392 e. The molecule has 2 atom stereocenters. The van der Waals surface area contributed by atoms with Crippen LogP contribution in [-0.4, -0.2) is 28.0 Å². The van der Waals surface area contributed by atoms with Gasteiger partial charge in [0.2, 0.25) is 11.7 Å². The molecule has 2 unspecified atom stereocenters. The van der Waals surface area contributed by atoms with Crippen LogP contribution >= 0.6 is 0 Å². The van der Waals surface area contributed by atoms with E-state index in [4.69, 9.17) is 9.26 Å². The van der Waals surface area contributed by atoms with Crippen LogP contribution in [-0.2, 0) is 11.2 Å². The molecule has 0 radical (unpaired) electrons. The van der Waals surface area contributed by atoms with E-state index in [1.54, 1.807) is 0 Å². The maximum absolute atomic E-state index is 9.86. The minimum atomic E-state index is -0.329. The molecule has 5 nitrogen and oxygen atoms in total. The predicted molar refractivity (Wildman–Crippen MR) is 63.8 cm³/mol. The molecule has 0 amide bonds. The summed E-state index contributed by atoms with van der Waals surface area (Å²) in [7, 11) is 0. The Labute approximate surface area is 107 Å². The largest absolute Gasteiger partial charge is 0.392 e. The molecule has 0 aromatic carbocycles. The average molecular weight is 252 g/mol. The summed E-state index contributed by atoms with van der Waals surface area (Å²) in [5.74, 6) is 2.17. The zero-order valence-electron chi connectivity index (χ0n) is 10.7. The molecule has 2 aliphatic rings. The van der Waals surface area contributed by atoms with Gasteiger partial charge in [-0.15, -0.1) is 0 Å². The van der Waals surface area contributed by atoms with Gasteiger partial charge < -0.3 is 14.4 Å². The first-order chi connectivity index (χ1) is 8.78. The summed E-state index contributed by atoms with van der Waals surface area (Å²) in [5.41, 5.74) is 0. The number of aliphatic hydroxyl groups excluding tert-OH is 1. The molecule has 1 aromatic rings. The molecular weight excluding hydrogens is 232 g/mol. The van der Waals surface area contributed by atoms with Crippen LogP contribution in [0.2, 0.25) is 0 Å². The topological polar surface area (TPSA) is 68.4 Å². The van der Waals surface area contributed by atoms with E-state index in [2.05, 4.69) is 10.1 Å². The van der Waals surface area contributed by atoms with E-state index < -0.39 is 0 Å². The average Bonchev–Trinajstić information content (AvgIpc) is 3.24. The van der Waals surface area contributed by atoms with Gasteiger partial charge in [-0.25, -0.2) is 0 Å². The minimum absolute atomic E-state index is 0.0226. The van der Waals surface area contributed by atoms with Crippen molar-refractivity contribution in [1.82, 2.24) is 10.1 Å². The predicted octanol–water partition coefficient (Wildman–Crippen LogP) is 1.87. The molecule has 0 saturated heterocycles. The first-order valence-corrected chi connectivity index (χ1v) is 6.90. The normalized spacial score (nSPS) is 23.0. The van der Waals surface area contributed by atoms with E-state index in [0.29, 0.717) is 36.6 Å². The van der Waals surface area contributed by atoms with Crippen LogP contribution in [0.5, 0.6) is 0 Å². The molecule has 1 aromatic heterocycles. The van der Waals surface area contributed by atoms with Crippen LogP contribution in [0.3, 0.4) is 0 Å². The zero-order valence-corrected chi connectivity index (χ0v) is 10.7. The Bertz CT molecular complexity index is 399. The van der Waals surface area contributed by atoms with Gasteiger partial charge in [0.15, 0.2) is 0 Å². The second-order valence-electron chi connectivity index (χ2n) is 5.37. The first-order valence-electron chi connectivity index (χ1n) is 6.90. The maximum atomic E-state index is 9.86. The Hall–Kier alpha value is -0.940. The molecule has 2 saturated carbocycles. The van der Waals surface area contributed by atoms with Crippen molar-refractivity contribution in [2.75, 3.05) is 6.61 Å². The van der Waals surface area contributed by atoms with Crippen LogP contribution in [0, 0.1) is 11.8 Å². The van der Waals surface area contributed by atoms with Crippen molar-refractivity contribution < 1.29 is 14.4 Å². The van der Waals surface area contributed by atoms with Crippen molar-refractivity contribution in [3.05, 3.63) is 11.7 Å². The Morgan fingerprint density at radius 3 is 2.67 bits per heavy atom. The summed E-state index contributed by atoms with van der Waals surface area (Å²) in [6, 6.07) is 0. The second kappa shape index (κ2) is 4.97. The summed E-state index contributed by atoms with van der Waals surface area (Å²) in [6.07, 6.45) is 4.72. The monoisotopic (exact) mass is 252 g/mol. The number of hydrogen-bond acceptors (Lipinski definition) is 5. The lowest BCUT2D eigenvalue weighted by Gasteiger charge is -2.11. The van der Waals surface area contributed by atoms with Crippen LogP contribution in [0.4, 0.5) is 0 Å². The second-order valence-corrected chi connectivity index (χ2v) is 5.37. The Morgan fingerprint density at radius 1 is 1.33 bits per heavy atom. The third-order valence-corrected chi connectivity index (χ3v) is 3.68. The van der Waals surface area contributed by atoms with E-state index in [1.165, 1.54) is 12.8 Å². The van der Waals surface area contributed by atoms with Crippen LogP contribution < -0.4 is 0 Å². The Morgan fingerprint density at radius 2 is 2.06 bits per heavy atom. The van der Waals surface area contributed by atoms with Crippen LogP contribution in [0.25, 0.3) is 0 Å². The molecule has 18 heavy (non-hydrogen) atoms. The standard InChI is InChI=1S/C13H20N2O3/c1-2-17-12(9-5-6-9)13-14-11(18-15-13)7-10(16)8-3-4-8/h8-10,12,16H,2-7H2,1H3. The summed E-state index contributed by atoms with van der Waals surface area (Å²) in [6.45, 7) is 2.64. The Balaban J connectivity index is 1.63. The highest BCUT2D eigenvalue weighted by Gasteiger charge is 2.37. The van der Waals surface area contributed by atoms with Crippen molar-refractivity contribution in [2.45, 2.75) is 51.2 Å². The highest BCUT2D eigenvalue weighted by molar-refractivity contribution is 4.99. The van der Waals surface area contributed by atoms with Crippen molar-refractivity contribution in [1.29, 1.82) is 0 Å². The van der Waals surface area contributed by atoms with Crippen LogP contribution in [0.1, 0.15) is 50.4 Å². The van der Waals surface area contributed by atoms with Crippen molar-refractivity contribution in [3.63, 3.8) is 0 Å². The summed E-state index contributed by atoms with van der Waals surface area (Å²) >= 11 is 0. The van der Waals surface area contributed by atoms with Gasteiger partial charge in [0, 0.05) is 6.61 Å². The fourth-order valence-corrected chi connectivity index (χ4v) is 2.29. The number of aromatic nitrogens is 2. The van der Waals surface area contributed by atoms with Crippen molar-refractivity contribution in [3.8, 4) is 0 Å². The van der Waals surface area contributed by atoms with Gasteiger partial charge in [0.1, 0.15) is 6.10 Å². The Kier molecular flexibility index (Phi) is 3.35. The lowest BCUT2D eigenvalue weighted by Crippen LogP contribution is -2.13. The molecule has 2 aliphatic carbocycles. The van der Waals surface area contributed by atoms with Crippen LogP contribution in [0.15, 0.2) is 4.52 Å². The molecule has 2 fully saturated rings. The smallest absolute Gasteiger partial charge is 0.229 e. The molecule has 1 heterocycles. The van der Waals surface area contributed by atoms with Gasteiger partial charge in [-0.3, -0.25) is 0 Å². The molecule has 100 valence electrons. The highest BCUT2D eigenvalue weighted by Crippen LogP contribution is 2.42. The van der Waals surface area contributed by atoms with Gasteiger partial charge in [0.05, 0.1) is 12.5 Å². The van der Waals surface area contributed by atoms with E-state index in [0.717, 1.165) is 12.8 Å². The highest BCUT2D eigenvalue weighted by atomic mass is 16.5. The SMILES string of the molecule is CCOC(c1noc(CC(O)C2CC2)n1)C1CC1. The summed E-state index contributed by atoms with van der Waals surface area (Å²) in [4.78, 5) is 4.38. The molecule has 3 rings (SSSR count). The maximum Gasteiger partial charge on any atom is 0.229 e. The molecule has 1 N–H and O–H groups in total. The summed E-state index contributed by atoms with van der Waals surface area (Å²) in [5, 5.41) is 13.9. The number of nitrogens with zero attached hydrogens (tertiary/aromatic N) is 2. The third kappa shape index (κ3) is 2.72. The van der Waals surface area contributed by atoms with E-state index in [1.807, 2.05) is 6.92 Å². The number of ether oxygens (including phenoxy) is 1.